The molecule has 8 heteroatoms. The van der Waals surface area contributed by atoms with Crippen LogP contribution in [-0.2, 0) is 17.9 Å². The van der Waals surface area contributed by atoms with E-state index in [-0.39, 0.29) is 36.4 Å². The van der Waals surface area contributed by atoms with E-state index in [4.69, 9.17) is 10.8 Å². The zero-order valence-electron chi connectivity index (χ0n) is 12.2. The number of carboxylic acid groups (broad SMARTS) is 1. The number of carbonyl (C=O) groups is 2. The van der Waals surface area contributed by atoms with Gasteiger partial charge in [0, 0.05) is 19.6 Å². The van der Waals surface area contributed by atoms with Gasteiger partial charge in [0.05, 0.1) is 5.69 Å². The number of hydrogen-bond acceptors (Lipinski definition) is 5. The molecular weight excluding hydrogens is 274 g/mol. The number of carbonyl (C=O) groups excluding carboxylic acids is 1. The highest BCUT2D eigenvalue weighted by molar-refractivity contribution is 5.86. The van der Waals surface area contributed by atoms with Crippen LogP contribution in [0, 0.1) is 0 Å². The van der Waals surface area contributed by atoms with Gasteiger partial charge in [0.15, 0.2) is 5.69 Å². The molecule has 0 atom stereocenters. The molecule has 3 N–H and O–H groups in total. The van der Waals surface area contributed by atoms with E-state index >= 15 is 0 Å². The maximum absolute atomic E-state index is 12.3. The fourth-order valence-electron chi connectivity index (χ4n) is 2.74. The Bertz CT molecular complexity index is 522. The highest BCUT2D eigenvalue weighted by Crippen LogP contribution is 2.21. The molecule has 0 bridgehead atoms. The molecule has 1 aromatic rings. The second-order valence-corrected chi connectivity index (χ2v) is 5.35. The number of amides is 1. The van der Waals surface area contributed by atoms with Crippen LogP contribution in [-0.4, -0.2) is 50.0 Å². The normalized spacial score (nSPS) is 15.9. The summed E-state index contributed by atoms with van der Waals surface area (Å²) in [6, 6.07) is 0.259. The van der Waals surface area contributed by atoms with E-state index in [2.05, 4.69) is 10.3 Å². The highest BCUT2D eigenvalue weighted by atomic mass is 16.4. The molecule has 21 heavy (non-hydrogen) atoms. The molecule has 0 spiro atoms. The molecule has 1 saturated carbocycles. The average Bonchev–Trinajstić information content (AvgIpc) is 2.90. The fraction of sp³-hybridized carbons (Fsp3) is 0.692. The van der Waals surface area contributed by atoms with Crippen molar-refractivity contribution in [2.75, 3.05) is 7.05 Å². The van der Waals surface area contributed by atoms with Gasteiger partial charge < -0.3 is 15.7 Å². The Labute approximate surface area is 122 Å². The van der Waals surface area contributed by atoms with Gasteiger partial charge in [-0.05, 0) is 12.8 Å². The van der Waals surface area contributed by atoms with Crippen LogP contribution in [0.2, 0.25) is 0 Å². The van der Waals surface area contributed by atoms with E-state index in [1.807, 2.05) is 0 Å². The Morgan fingerprint density at radius 2 is 2.05 bits per heavy atom. The molecule has 0 unspecified atom stereocenters. The summed E-state index contributed by atoms with van der Waals surface area (Å²) >= 11 is 0. The second-order valence-electron chi connectivity index (χ2n) is 5.35. The molecule has 0 aliphatic heterocycles. The first kappa shape index (κ1) is 15.4. The van der Waals surface area contributed by atoms with Crippen molar-refractivity contribution in [2.45, 2.75) is 51.2 Å². The van der Waals surface area contributed by atoms with E-state index in [0.29, 0.717) is 0 Å². The van der Waals surface area contributed by atoms with Crippen molar-refractivity contribution in [2.24, 2.45) is 5.73 Å². The third kappa shape index (κ3) is 3.38. The smallest absolute Gasteiger partial charge is 0.358 e. The van der Waals surface area contributed by atoms with Crippen LogP contribution in [0.3, 0.4) is 0 Å². The standard InChI is InChI=1S/C13H21N5O3/c1-17(9-5-3-2-4-6-9)11(19)8-18-10(7-14)12(13(20)21)15-16-18/h9H,2-8,14H2,1H3,(H,20,21). The van der Waals surface area contributed by atoms with E-state index in [1.54, 1.807) is 11.9 Å². The summed E-state index contributed by atoms with van der Waals surface area (Å²) in [6.07, 6.45) is 5.54. The number of nitrogens with zero attached hydrogens (tertiary/aromatic N) is 4. The minimum absolute atomic E-state index is 0.0188. The lowest BCUT2D eigenvalue weighted by Crippen LogP contribution is -2.40. The fourth-order valence-corrected chi connectivity index (χ4v) is 2.74. The molecule has 1 heterocycles. The molecule has 0 aromatic carbocycles. The van der Waals surface area contributed by atoms with Crippen molar-refractivity contribution >= 4 is 11.9 Å². The molecule has 1 fully saturated rings. The van der Waals surface area contributed by atoms with Crippen LogP contribution in [0.25, 0.3) is 0 Å². The molecule has 116 valence electrons. The van der Waals surface area contributed by atoms with Crippen molar-refractivity contribution < 1.29 is 14.7 Å². The summed E-state index contributed by atoms with van der Waals surface area (Å²) in [6.45, 7) is -0.0468. The predicted octanol–water partition coefficient (Wildman–Crippen LogP) is 0.226. The Morgan fingerprint density at radius 1 is 1.38 bits per heavy atom. The zero-order valence-corrected chi connectivity index (χ0v) is 12.2. The summed E-state index contributed by atoms with van der Waals surface area (Å²) in [5.74, 6) is -1.28. The molecule has 1 aliphatic rings. The van der Waals surface area contributed by atoms with Crippen LogP contribution in [0.15, 0.2) is 0 Å². The quantitative estimate of drug-likeness (QED) is 0.803. The van der Waals surface area contributed by atoms with E-state index < -0.39 is 5.97 Å². The molecule has 8 nitrogen and oxygen atoms in total. The second kappa shape index (κ2) is 6.66. The molecular formula is C13H21N5O3. The largest absolute Gasteiger partial charge is 0.476 e. The van der Waals surface area contributed by atoms with Gasteiger partial charge in [-0.2, -0.15) is 0 Å². The van der Waals surface area contributed by atoms with Crippen molar-refractivity contribution in [3.8, 4) is 0 Å². The first-order valence-corrected chi connectivity index (χ1v) is 7.16. The number of nitrogens with two attached hydrogens (primary N) is 1. The monoisotopic (exact) mass is 295 g/mol. The number of hydrogen-bond donors (Lipinski definition) is 2. The van der Waals surface area contributed by atoms with Crippen LogP contribution in [0.4, 0.5) is 0 Å². The number of aromatic carboxylic acids is 1. The third-order valence-electron chi connectivity index (χ3n) is 4.03. The number of rotatable bonds is 5. The van der Waals surface area contributed by atoms with Crippen molar-refractivity contribution in [1.82, 2.24) is 19.9 Å². The summed E-state index contributed by atoms with van der Waals surface area (Å²) < 4.78 is 1.28. The molecule has 0 radical (unpaired) electrons. The van der Waals surface area contributed by atoms with Gasteiger partial charge in [0.25, 0.3) is 0 Å². The SMILES string of the molecule is CN(C(=O)Cn1nnc(C(=O)O)c1CN)C1CCCCC1. The van der Waals surface area contributed by atoms with Gasteiger partial charge in [-0.25, -0.2) is 9.48 Å². The Kier molecular flexibility index (Phi) is 4.89. The van der Waals surface area contributed by atoms with Crippen LogP contribution < -0.4 is 5.73 Å². The van der Waals surface area contributed by atoms with Crippen LogP contribution in [0.5, 0.6) is 0 Å². The highest BCUT2D eigenvalue weighted by Gasteiger charge is 2.24. The third-order valence-corrected chi connectivity index (χ3v) is 4.03. The van der Waals surface area contributed by atoms with E-state index in [0.717, 1.165) is 25.7 Å². The van der Waals surface area contributed by atoms with Crippen LogP contribution in [0.1, 0.15) is 48.3 Å². The van der Waals surface area contributed by atoms with Crippen molar-refractivity contribution in [3.63, 3.8) is 0 Å². The van der Waals surface area contributed by atoms with Gasteiger partial charge in [0.1, 0.15) is 6.54 Å². The van der Waals surface area contributed by atoms with Gasteiger partial charge in [-0.1, -0.05) is 24.5 Å². The maximum Gasteiger partial charge on any atom is 0.358 e. The lowest BCUT2D eigenvalue weighted by atomic mass is 9.94. The Morgan fingerprint density at radius 3 is 2.62 bits per heavy atom. The summed E-state index contributed by atoms with van der Waals surface area (Å²) in [5.41, 5.74) is 5.62. The maximum atomic E-state index is 12.3. The number of carboxylic acids is 1. The molecule has 1 aliphatic carbocycles. The molecule has 2 rings (SSSR count). The summed E-state index contributed by atoms with van der Waals surface area (Å²) in [7, 11) is 1.79. The van der Waals surface area contributed by atoms with Gasteiger partial charge in [-0.15, -0.1) is 5.10 Å². The topological polar surface area (TPSA) is 114 Å². The zero-order chi connectivity index (χ0) is 15.4. The molecule has 1 amide bonds. The van der Waals surface area contributed by atoms with Gasteiger partial charge >= 0.3 is 5.97 Å². The summed E-state index contributed by atoms with van der Waals surface area (Å²) in [5, 5.41) is 16.3. The molecule has 0 saturated heterocycles. The van der Waals surface area contributed by atoms with Crippen LogP contribution >= 0.6 is 0 Å². The van der Waals surface area contributed by atoms with E-state index in [1.165, 1.54) is 11.1 Å². The van der Waals surface area contributed by atoms with Crippen molar-refractivity contribution in [3.05, 3.63) is 11.4 Å². The Balaban J connectivity index is 2.06. The molecule has 1 aromatic heterocycles. The minimum atomic E-state index is -1.19. The predicted molar refractivity (Wildman–Crippen MR) is 74.5 cm³/mol. The number of likely N-dealkylation sites (N-methyl/N-ethyl adjacent to an activating group) is 1. The van der Waals surface area contributed by atoms with Gasteiger partial charge in [-0.3, -0.25) is 4.79 Å². The Hall–Kier alpha value is -1.96. The lowest BCUT2D eigenvalue weighted by Gasteiger charge is -2.31. The number of aromatic nitrogens is 3. The lowest BCUT2D eigenvalue weighted by molar-refractivity contribution is -0.133. The van der Waals surface area contributed by atoms with E-state index in [9.17, 15) is 9.59 Å². The van der Waals surface area contributed by atoms with Crippen molar-refractivity contribution in [1.29, 1.82) is 0 Å². The first-order chi connectivity index (χ1) is 10.0. The summed E-state index contributed by atoms with van der Waals surface area (Å²) in [4.78, 5) is 25.0. The first-order valence-electron chi connectivity index (χ1n) is 7.16. The minimum Gasteiger partial charge on any atom is -0.476 e. The average molecular weight is 295 g/mol. The van der Waals surface area contributed by atoms with Gasteiger partial charge in [0.2, 0.25) is 5.91 Å².